The van der Waals surface area contributed by atoms with Gasteiger partial charge in [0.1, 0.15) is 0 Å². The maximum absolute atomic E-state index is 11.5. The summed E-state index contributed by atoms with van der Waals surface area (Å²) in [6.07, 6.45) is 1.24. The van der Waals surface area contributed by atoms with E-state index in [1.54, 1.807) is 0 Å². The second-order valence-electron chi connectivity index (χ2n) is 2.74. The van der Waals surface area contributed by atoms with Gasteiger partial charge in [-0.05, 0) is 13.0 Å². The smallest absolute Gasteiger partial charge is 0.268 e. The minimum Gasteiger partial charge on any atom is -0.326 e. The molecule has 0 spiro atoms. The highest BCUT2D eigenvalue weighted by Gasteiger charge is 2.12. The van der Waals surface area contributed by atoms with Gasteiger partial charge in [-0.2, -0.15) is 0 Å². The molecule has 0 aliphatic carbocycles. The average molecular weight is 216 g/mol. The summed E-state index contributed by atoms with van der Waals surface area (Å²) in [5.74, 6) is -0.110. The predicted molar refractivity (Wildman–Crippen MR) is 53.5 cm³/mol. The van der Waals surface area contributed by atoms with E-state index in [1.165, 1.54) is 25.3 Å². The van der Waals surface area contributed by atoms with Crippen molar-refractivity contribution in [3.05, 3.63) is 34.2 Å². The zero-order chi connectivity index (χ0) is 10.8. The highest BCUT2D eigenvalue weighted by atomic mass is 32.2. The molecule has 1 heterocycles. The van der Waals surface area contributed by atoms with Crippen molar-refractivity contribution in [3.63, 3.8) is 0 Å². The van der Waals surface area contributed by atoms with Crippen LogP contribution in [0.1, 0.15) is 12.5 Å². The molecule has 1 aromatic heterocycles. The third-order valence-corrected chi connectivity index (χ3v) is 3.49. The maximum atomic E-state index is 11.5. The molecule has 78 valence electrons. The predicted octanol–water partition coefficient (Wildman–Crippen LogP) is -0.495. The van der Waals surface area contributed by atoms with Gasteiger partial charge >= 0.3 is 0 Å². The second-order valence-corrected chi connectivity index (χ2v) is 4.87. The Morgan fingerprint density at radius 2 is 2.14 bits per heavy atom. The van der Waals surface area contributed by atoms with Gasteiger partial charge in [-0.1, -0.05) is 6.07 Å². The maximum Gasteiger partial charge on any atom is 0.268 e. The van der Waals surface area contributed by atoms with Gasteiger partial charge in [-0.15, -0.1) is 0 Å². The topological polar surface area (TPSA) is 82.2 Å². The molecule has 1 rings (SSSR count). The lowest BCUT2D eigenvalue weighted by molar-refractivity contribution is 0.586. The monoisotopic (exact) mass is 216 g/mol. The number of rotatable bonds is 3. The van der Waals surface area contributed by atoms with E-state index >= 15 is 0 Å². The molecule has 0 radical (unpaired) electrons. The Morgan fingerprint density at radius 3 is 2.64 bits per heavy atom. The number of nitrogens with two attached hydrogens (primary N) is 1. The van der Waals surface area contributed by atoms with E-state index in [2.05, 4.69) is 0 Å². The largest absolute Gasteiger partial charge is 0.326 e. The van der Waals surface area contributed by atoms with Crippen LogP contribution in [0.5, 0.6) is 0 Å². The summed E-state index contributed by atoms with van der Waals surface area (Å²) in [7, 11) is -3.51. The molecule has 5 nitrogen and oxygen atoms in total. The standard InChI is InChI=1S/C8H12N2O3S/c1-2-14(12,13)10-5-3-4-7(6-9)8(10)11/h3-5H,2,6,9H2,1H3. The SMILES string of the molecule is CCS(=O)(=O)n1cccc(CN)c1=O. The Hall–Kier alpha value is -1.14. The van der Waals surface area contributed by atoms with Crippen LogP contribution in [0, 0.1) is 0 Å². The Kier molecular flexibility index (Phi) is 3.07. The van der Waals surface area contributed by atoms with Crippen molar-refractivity contribution < 1.29 is 8.42 Å². The summed E-state index contributed by atoms with van der Waals surface area (Å²) in [5.41, 5.74) is 5.03. The van der Waals surface area contributed by atoms with E-state index in [-0.39, 0.29) is 12.3 Å². The lowest BCUT2D eigenvalue weighted by Gasteiger charge is -2.05. The minimum atomic E-state index is -3.51. The van der Waals surface area contributed by atoms with Gasteiger partial charge in [0.05, 0.1) is 5.75 Å². The van der Waals surface area contributed by atoms with Gasteiger partial charge in [0.25, 0.3) is 5.56 Å². The van der Waals surface area contributed by atoms with Crippen LogP contribution >= 0.6 is 0 Å². The molecule has 0 bridgehead atoms. The van der Waals surface area contributed by atoms with E-state index in [0.717, 1.165) is 3.97 Å². The zero-order valence-corrected chi connectivity index (χ0v) is 8.62. The molecule has 0 aliphatic rings. The van der Waals surface area contributed by atoms with Gasteiger partial charge in [-0.25, -0.2) is 12.4 Å². The summed E-state index contributed by atoms with van der Waals surface area (Å²) in [6, 6.07) is 3.01. The van der Waals surface area contributed by atoms with Crippen LogP contribution in [0.15, 0.2) is 23.1 Å². The van der Waals surface area contributed by atoms with Crippen molar-refractivity contribution in [3.8, 4) is 0 Å². The van der Waals surface area contributed by atoms with Gasteiger partial charge in [-0.3, -0.25) is 4.79 Å². The molecule has 0 atom stereocenters. The van der Waals surface area contributed by atoms with E-state index in [9.17, 15) is 13.2 Å². The number of hydrogen-bond acceptors (Lipinski definition) is 4. The lowest BCUT2D eigenvalue weighted by Crippen LogP contribution is -2.31. The zero-order valence-electron chi connectivity index (χ0n) is 7.80. The number of pyridine rings is 1. The summed E-state index contributed by atoms with van der Waals surface area (Å²) in [5, 5.41) is 0. The first-order valence-corrected chi connectivity index (χ1v) is 5.77. The Morgan fingerprint density at radius 1 is 1.50 bits per heavy atom. The molecular formula is C8H12N2O3S. The van der Waals surface area contributed by atoms with Crippen LogP contribution in [0.2, 0.25) is 0 Å². The van der Waals surface area contributed by atoms with Crippen LogP contribution < -0.4 is 11.3 Å². The molecule has 6 heteroatoms. The van der Waals surface area contributed by atoms with Crippen molar-refractivity contribution in [2.75, 3.05) is 5.75 Å². The first-order valence-electron chi connectivity index (χ1n) is 4.16. The van der Waals surface area contributed by atoms with Crippen molar-refractivity contribution in [1.29, 1.82) is 0 Å². The van der Waals surface area contributed by atoms with Crippen LogP contribution in [-0.2, 0) is 16.6 Å². The third kappa shape index (κ3) is 1.85. The Labute approximate surface area is 82.2 Å². The minimum absolute atomic E-state index is 0.0406. The molecule has 0 saturated carbocycles. The highest BCUT2D eigenvalue weighted by molar-refractivity contribution is 7.89. The Balaban J connectivity index is 3.46. The number of nitrogens with zero attached hydrogens (tertiary/aromatic N) is 1. The summed E-state index contributed by atoms with van der Waals surface area (Å²) >= 11 is 0. The Bertz CT molecular complexity index is 476. The average Bonchev–Trinajstić information content (AvgIpc) is 2.18. The molecule has 0 saturated heterocycles. The van der Waals surface area contributed by atoms with Crippen LogP contribution in [0.3, 0.4) is 0 Å². The van der Waals surface area contributed by atoms with Crippen LogP contribution in [-0.4, -0.2) is 18.1 Å². The number of hydrogen-bond donors (Lipinski definition) is 1. The summed E-state index contributed by atoms with van der Waals surface area (Å²) < 4.78 is 23.6. The lowest BCUT2D eigenvalue weighted by atomic mass is 10.3. The van der Waals surface area contributed by atoms with E-state index in [4.69, 9.17) is 5.73 Å². The molecule has 0 aromatic carbocycles. The fourth-order valence-corrected chi connectivity index (χ4v) is 1.94. The molecule has 0 amide bonds. The fraction of sp³-hybridized carbons (Fsp3) is 0.375. The van der Waals surface area contributed by atoms with Crippen LogP contribution in [0.4, 0.5) is 0 Å². The van der Waals surface area contributed by atoms with E-state index in [1.807, 2.05) is 0 Å². The quantitative estimate of drug-likeness (QED) is 0.738. The van der Waals surface area contributed by atoms with Gasteiger partial charge in [0.2, 0.25) is 10.0 Å². The first kappa shape index (κ1) is 10.9. The molecule has 1 aromatic rings. The molecule has 0 aliphatic heterocycles. The van der Waals surface area contributed by atoms with Crippen molar-refractivity contribution in [2.45, 2.75) is 13.5 Å². The van der Waals surface area contributed by atoms with E-state index in [0.29, 0.717) is 5.56 Å². The second kappa shape index (κ2) is 3.93. The third-order valence-electron chi connectivity index (χ3n) is 1.88. The normalized spacial score (nSPS) is 11.6. The van der Waals surface area contributed by atoms with Crippen LogP contribution in [0.25, 0.3) is 0 Å². The summed E-state index contributed by atoms with van der Waals surface area (Å²) in [6.45, 7) is 1.52. The molecule has 14 heavy (non-hydrogen) atoms. The van der Waals surface area contributed by atoms with Gasteiger partial charge in [0, 0.05) is 18.3 Å². The molecule has 0 fully saturated rings. The number of aromatic nitrogens is 1. The molecular weight excluding hydrogens is 204 g/mol. The highest BCUT2D eigenvalue weighted by Crippen LogP contribution is 1.96. The fourth-order valence-electron chi connectivity index (χ4n) is 1.03. The van der Waals surface area contributed by atoms with Gasteiger partial charge in [0.15, 0.2) is 0 Å². The van der Waals surface area contributed by atoms with Crippen molar-refractivity contribution in [2.24, 2.45) is 5.73 Å². The van der Waals surface area contributed by atoms with Crippen molar-refractivity contribution in [1.82, 2.24) is 3.97 Å². The van der Waals surface area contributed by atoms with E-state index < -0.39 is 15.6 Å². The summed E-state index contributed by atoms with van der Waals surface area (Å²) in [4.78, 5) is 11.5. The molecule has 2 N–H and O–H groups in total. The van der Waals surface area contributed by atoms with Gasteiger partial charge < -0.3 is 5.73 Å². The molecule has 0 unspecified atom stereocenters. The first-order chi connectivity index (χ1) is 6.53. The van der Waals surface area contributed by atoms with Crippen molar-refractivity contribution >= 4 is 10.0 Å².